The average Bonchev–Trinajstić information content (AvgIpc) is 3.42. The quantitative estimate of drug-likeness (QED) is 0.647. The first-order valence-corrected chi connectivity index (χ1v) is 13.4. The highest BCUT2D eigenvalue weighted by atomic mass is 35.5. The maximum atomic E-state index is 13.6. The molecule has 2 aliphatic rings. The SMILES string of the molecule is Cc1nn(CC(=O)N2CCCC2)c(C)c1S(=O)(=O)N1CCC[C@H](C(=O)Nc2cccc(Cl)c2)C1. The number of carbonyl (C=O) groups excluding carboxylic acids is 2. The number of aromatic nitrogens is 2. The van der Waals surface area contributed by atoms with E-state index >= 15 is 0 Å². The number of aryl methyl sites for hydroxylation is 1. The number of amides is 2. The lowest BCUT2D eigenvalue weighted by Crippen LogP contribution is -2.44. The lowest BCUT2D eigenvalue weighted by Gasteiger charge is -2.31. The lowest BCUT2D eigenvalue weighted by molar-refractivity contribution is -0.131. The summed E-state index contributed by atoms with van der Waals surface area (Å²) in [7, 11) is -3.88. The third kappa shape index (κ3) is 5.13. The van der Waals surface area contributed by atoms with E-state index in [1.807, 2.05) is 0 Å². The predicted octanol–water partition coefficient (Wildman–Crippen LogP) is 2.82. The van der Waals surface area contributed by atoms with Gasteiger partial charge in [-0.2, -0.15) is 9.40 Å². The maximum absolute atomic E-state index is 13.6. The smallest absolute Gasteiger partial charge is 0.246 e. The molecule has 1 aromatic heterocycles. The van der Waals surface area contributed by atoms with Crippen LogP contribution in [0, 0.1) is 19.8 Å². The fraction of sp³-hybridized carbons (Fsp3) is 0.522. The van der Waals surface area contributed by atoms with Gasteiger partial charge in [0.15, 0.2) is 0 Å². The fourth-order valence-electron chi connectivity index (χ4n) is 4.72. The zero-order valence-corrected chi connectivity index (χ0v) is 21.0. The topological polar surface area (TPSA) is 105 Å². The first kappa shape index (κ1) is 24.7. The van der Waals surface area contributed by atoms with Gasteiger partial charge in [-0.3, -0.25) is 14.3 Å². The van der Waals surface area contributed by atoms with Crippen LogP contribution in [-0.2, 0) is 26.2 Å². The lowest BCUT2D eigenvalue weighted by atomic mass is 9.99. The molecule has 0 spiro atoms. The summed E-state index contributed by atoms with van der Waals surface area (Å²) in [6, 6.07) is 6.86. The van der Waals surface area contributed by atoms with Crippen molar-refractivity contribution >= 4 is 39.1 Å². The van der Waals surface area contributed by atoms with Crippen LogP contribution in [0.25, 0.3) is 0 Å². The van der Waals surface area contributed by atoms with Gasteiger partial charge in [0.2, 0.25) is 21.8 Å². The van der Waals surface area contributed by atoms with Crippen molar-refractivity contribution in [3.05, 3.63) is 40.7 Å². The summed E-state index contributed by atoms with van der Waals surface area (Å²) in [4.78, 5) is 27.3. The number of nitrogens with zero attached hydrogens (tertiary/aromatic N) is 4. The molecular weight excluding hydrogens is 478 g/mol. The van der Waals surface area contributed by atoms with Crippen molar-refractivity contribution in [2.24, 2.45) is 5.92 Å². The Morgan fingerprint density at radius 2 is 1.88 bits per heavy atom. The van der Waals surface area contributed by atoms with Gasteiger partial charge in [0.05, 0.1) is 17.3 Å². The number of anilines is 1. The number of halogens is 1. The minimum Gasteiger partial charge on any atom is -0.341 e. The van der Waals surface area contributed by atoms with Crippen LogP contribution in [0.15, 0.2) is 29.2 Å². The second-order valence-corrected chi connectivity index (χ2v) is 11.3. The Hall–Kier alpha value is -2.43. The Morgan fingerprint density at radius 1 is 1.15 bits per heavy atom. The van der Waals surface area contributed by atoms with Crippen LogP contribution in [0.3, 0.4) is 0 Å². The predicted molar refractivity (Wildman–Crippen MR) is 129 cm³/mol. The van der Waals surface area contributed by atoms with Crippen molar-refractivity contribution in [1.29, 1.82) is 0 Å². The Bertz CT molecular complexity index is 1190. The molecule has 2 aliphatic heterocycles. The summed E-state index contributed by atoms with van der Waals surface area (Å²) < 4.78 is 30.0. The van der Waals surface area contributed by atoms with Crippen molar-refractivity contribution in [1.82, 2.24) is 19.0 Å². The summed E-state index contributed by atoms with van der Waals surface area (Å²) in [6.07, 6.45) is 3.15. The molecule has 0 aliphatic carbocycles. The summed E-state index contributed by atoms with van der Waals surface area (Å²) in [6.45, 7) is 5.23. The third-order valence-corrected chi connectivity index (χ3v) is 8.86. The van der Waals surface area contributed by atoms with Gasteiger partial charge in [-0.1, -0.05) is 17.7 Å². The van der Waals surface area contributed by atoms with Gasteiger partial charge in [0.1, 0.15) is 11.4 Å². The number of piperidine rings is 1. The zero-order chi connectivity index (χ0) is 24.5. The van der Waals surface area contributed by atoms with Crippen LogP contribution in [0.4, 0.5) is 5.69 Å². The largest absolute Gasteiger partial charge is 0.341 e. The highest BCUT2D eigenvalue weighted by Crippen LogP contribution is 2.29. The molecule has 1 aromatic carbocycles. The van der Waals surface area contributed by atoms with Crippen LogP contribution in [-0.4, -0.2) is 65.4 Å². The molecule has 4 rings (SSSR count). The first-order chi connectivity index (χ1) is 16.2. The Morgan fingerprint density at radius 3 is 2.59 bits per heavy atom. The van der Waals surface area contributed by atoms with Gasteiger partial charge in [0, 0.05) is 36.9 Å². The minimum absolute atomic E-state index is 0.0207. The molecule has 2 aromatic rings. The van der Waals surface area contributed by atoms with Crippen LogP contribution >= 0.6 is 11.6 Å². The zero-order valence-electron chi connectivity index (χ0n) is 19.5. The van der Waals surface area contributed by atoms with Crippen LogP contribution in [0.5, 0.6) is 0 Å². The summed E-state index contributed by atoms with van der Waals surface area (Å²) in [5.41, 5.74) is 1.38. The molecule has 3 heterocycles. The average molecular weight is 508 g/mol. The van der Waals surface area contributed by atoms with Crippen LogP contribution < -0.4 is 5.32 Å². The Labute approximate surface area is 205 Å². The van der Waals surface area contributed by atoms with Gasteiger partial charge in [-0.05, 0) is 57.7 Å². The molecule has 0 saturated carbocycles. The molecule has 34 heavy (non-hydrogen) atoms. The molecule has 2 saturated heterocycles. The number of sulfonamides is 1. The molecule has 2 fully saturated rings. The van der Waals surface area contributed by atoms with Gasteiger partial charge in [0.25, 0.3) is 0 Å². The molecule has 0 unspecified atom stereocenters. The number of hydrogen-bond donors (Lipinski definition) is 1. The van der Waals surface area contributed by atoms with E-state index < -0.39 is 15.9 Å². The van der Waals surface area contributed by atoms with Crippen LogP contribution in [0.2, 0.25) is 5.02 Å². The van der Waals surface area contributed by atoms with Gasteiger partial charge in [-0.25, -0.2) is 8.42 Å². The summed E-state index contributed by atoms with van der Waals surface area (Å²) in [5, 5.41) is 7.72. The highest BCUT2D eigenvalue weighted by molar-refractivity contribution is 7.89. The molecule has 2 amide bonds. The number of rotatable bonds is 6. The number of nitrogens with one attached hydrogen (secondary N) is 1. The second-order valence-electron chi connectivity index (χ2n) is 8.95. The standard InChI is InChI=1S/C23H30ClN5O4S/c1-16-22(17(2)29(26-16)15-21(30)27-10-3-4-11-27)34(32,33)28-12-6-7-18(14-28)23(31)25-20-9-5-8-19(24)13-20/h5,8-9,13,18H,3-4,6-7,10-12,14-15H2,1-2H3,(H,25,31)/t18-/m0/s1. The molecule has 9 nitrogen and oxygen atoms in total. The molecule has 1 atom stereocenters. The molecule has 1 N–H and O–H groups in total. The van der Waals surface area contributed by atoms with Gasteiger partial charge < -0.3 is 10.2 Å². The molecule has 0 bridgehead atoms. The van der Waals surface area contributed by atoms with Crippen molar-refractivity contribution in [3.8, 4) is 0 Å². The highest BCUT2D eigenvalue weighted by Gasteiger charge is 2.36. The van der Waals surface area contributed by atoms with Crippen LogP contribution in [0.1, 0.15) is 37.1 Å². The van der Waals surface area contributed by atoms with E-state index in [1.165, 1.54) is 8.99 Å². The molecule has 11 heteroatoms. The molecule has 0 radical (unpaired) electrons. The van der Waals surface area contributed by atoms with Crippen molar-refractivity contribution in [3.63, 3.8) is 0 Å². The normalized spacial score (nSPS) is 19.4. The molecular formula is C23H30ClN5O4S. The minimum atomic E-state index is -3.88. The van der Waals surface area contributed by atoms with Crippen molar-refractivity contribution in [2.75, 3.05) is 31.5 Å². The van der Waals surface area contributed by atoms with Gasteiger partial charge >= 0.3 is 0 Å². The number of hydrogen-bond acceptors (Lipinski definition) is 5. The third-order valence-electron chi connectivity index (χ3n) is 6.50. The Balaban J connectivity index is 1.49. The summed E-state index contributed by atoms with van der Waals surface area (Å²) >= 11 is 5.99. The van der Waals surface area contributed by atoms with E-state index in [0.29, 0.717) is 41.5 Å². The van der Waals surface area contributed by atoms with Gasteiger partial charge in [-0.15, -0.1) is 0 Å². The summed E-state index contributed by atoms with van der Waals surface area (Å²) in [5.74, 6) is -0.764. The fourth-order valence-corrected chi connectivity index (χ4v) is 6.80. The monoisotopic (exact) mass is 507 g/mol. The van der Waals surface area contributed by atoms with E-state index in [-0.39, 0.29) is 29.8 Å². The first-order valence-electron chi connectivity index (χ1n) is 11.5. The van der Waals surface area contributed by atoms with Crippen molar-refractivity contribution < 1.29 is 18.0 Å². The van der Waals surface area contributed by atoms with E-state index in [0.717, 1.165) is 25.9 Å². The number of carbonyl (C=O) groups is 2. The van der Waals surface area contributed by atoms with E-state index in [1.54, 1.807) is 43.0 Å². The van der Waals surface area contributed by atoms with E-state index in [2.05, 4.69) is 10.4 Å². The van der Waals surface area contributed by atoms with E-state index in [4.69, 9.17) is 11.6 Å². The molecule has 184 valence electrons. The number of likely N-dealkylation sites (tertiary alicyclic amines) is 1. The Kier molecular flexibility index (Phi) is 7.30. The maximum Gasteiger partial charge on any atom is 0.246 e. The second kappa shape index (κ2) is 10.1. The number of benzene rings is 1. The van der Waals surface area contributed by atoms with Crippen molar-refractivity contribution in [2.45, 2.75) is 51.0 Å². The van der Waals surface area contributed by atoms with E-state index in [9.17, 15) is 18.0 Å².